The summed E-state index contributed by atoms with van der Waals surface area (Å²) in [5.41, 5.74) is 2.79. The second kappa shape index (κ2) is 6.65. The maximum Gasteiger partial charge on any atom is 0.419 e. The van der Waals surface area contributed by atoms with Crippen molar-refractivity contribution in [2.24, 2.45) is 0 Å². The van der Waals surface area contributed by atoms with E-state index in [9.17, 15) is 4.79 Å². The van der Waals surface area contributed by atoms with E-state index in [-0.39, 0.29) is 5.76 Å². The number of oxazole rings is 1. The van der Waals surface area contributed by atoms with Crippen LogP contribution in [0.15, 0.2) is 45.7 Å². The summed E-state index contributed by atoms with van der Waals surface area (Å²) in [4.78, 5) is 14.5. The van der Waals surface area contributed by atoms with Crippen molar-refractivity contribution in [3.8, 4) is 0 Å². The fourth-order valence-electron chi connectivity index (χ4n) is 3.68. The summed E-state index contributed by atoms with van der Waals surface area (Å²) in [6.45, 7) is 3.88. The van der Waals surface area contributed by atoms with Gasteiger partial charge in [0.1, 0.15) is 0 Å². The molecule has 6 heteroatoms. The van der Waals surface area contributed by atoms with Gasteiger partial charge in [-0.1, -0.05) is 12.1 Å². The minimum Gasteiger partial charge on any atom is -0.408 e. The molecule has 0 radical (unpaired) electrons. The van der Waals surface area contributed by atoms with E-state index in [0.29, 0.717) is 18.0 Å². The van der Waals surface area contributed by atoms with Crippen LogP contribution in [0.25, 0.3) is 11.1 Å². The van der Waals surface area contributed by atoms with Crippen molar-refractivity contribution in [2.75, 3.05) is 19.6 Å². The van der Waals surface area contributed by atoms with Crippen molar-refractivity contribution >= 4 is 11.1 Å². The predicted molar refractivity (Wildman–Crippen MR) is 92.1 cm³/mol. The van der Waals surface area contributed by atoms with Gasteiger partial charge in [-0.25, -0.2) is 4.79 Å². The minimum absolute atomic E-state index is 0.259. The van der Waals surface area contributed by atoms with Crippen molar-refractivity contribution in [2.45, 2.75) is 31.7 Å². The second-order valence-electron chi connectivity index (χ2n) is 6.49. The second-order valence-corrected chi connectivity index (χ2v) is 6.49. The van der Waals surface area contributed by atoms with E-state index in [1.165, 1.54) is 18.5 Å². The number of aromatic nitrogens is 3. The monoisotopic (exact) mass is 326 g/mol. The average molecular weight is 326 g/mol. The van der Waals surface area contributed by atoms with Gasteiger partial charge >= 0.3 is 5.76 Å². The van der Waals surface area contributed by atoms with Gasteiger partial charge in [-0.15, -0.1) is 0 Å². The van der Waals surface area contributed by atoms with Crippen molar-refractivity contribution in [3.63, 3.8) is 0 Å². The molecule has 2 aromatic heterocycles. The lowest BCUT2D eigenvalue weighted by atomic mass is 9.95. The summed E-state index contributed by atoms with van der Waals surface area (Å²) < 4.78 is 7.03. The zero-order valence-corrected chi connectivity index (χ0v) is 13.6. The SMILES string of the molecule is O=c1oc2ccccc2n1CCCN1CCCC(c2ccn[nH]2)C1. The first kappa shape index (κ1) is 15.2. The molecule has 1 aromatic carbocycles. The van der Waals surface area contributed by atoms with E-state index in [4.69, 9.17) is 4.42 Å². The Labute approximate surface area is 140 Å². The number of nitrogens with one attached hydrogen (secondary N) is 1. The number of rotatable bonds is 5. The minimum atomic E-state index is -0.259. The third-order valence-corrected chi connectivity index (χ3v) is 4.90. The van der Waals surface area contributed by atoms with Crippen LogP contribution in [0.5, 0.6) is 0 Å². The van der Waals surface area contributed by atoms with E-state index in [1.807, 2.05) is 30.5 Å². The van der Waals surface area contributed by atoms with E-state index in [0.717, 1.165) is 31.6 Å². The molecule has 1 unspecified atom stereocenters. The van der Waals surface area contributed by atoms with Crippen molar-refractivity contribution in [3.05, 3.63) is 52.8 Å². The lowest BCUT2D eigenvalue weighted by molar-refractivity contribution is 0.201. The summed E-state index contributed by atoms with van der Waals surface area (Å²) in [5.74, 6) is 0.281. The molecule has 0 amide bonds. The Morgan fingerprint density at radius 2 is 2.17 bits per heavy atom. The molecule has 1 aliphatic heterocycles. The van der Waals surface area contributed by atoms with Crippen LogP contribution in [0.4, 0.5) is 0 Å². The predicted octanol–water partition coefficient (Wildman–Crippen LogP) is 2.59. The van der Waals surface area contributed by atoms with Gasteiger partial charge < -0.3 is 9.32 Å². The van der Waals surface area contributed by atoms with E-state index >= 15 is 0 Å². The number of benzene rings is 1. The lowest BCUT2D eigenvalue weighted by Crippen LogP contribution is -2.35. The molecule has 1 N–H and O–H groups in total. The Kier molecular flexibility index (Phi) is 4.21. The van der Waals surface area contributed by atoms with Crippen molar-refractivity contribution < 1.29 is 4.42 Å². The first-order chi connectivity index (χ1) is 11.8. The first-order valence-corrected chi connectivity index (χ1v) is 8.61. The number of fused-ring (bicyclic) bond motifs is 1. The molecule has 24 heavy (non-hydrogen) atoms. The van der Waals surface area contributed by atoms with Gasteiger partial charge in [-0.2, -0.15) is 5.10 Å². The van der Waals surface area contributed by atoms with Crippen LogP contribution in [0.3, 0.4) is 0 Å². The quantitative estimate of drug-likeness (QED) is 0.782. The Balaban J connectivity index is 1.37. The van der Waals surface area contributed by atoms with E-state index in [2.05, 4.69) is 21.2 Å². The smallest absolute Gasteiger partial charge is 0.408 e. The van der Waals surface area contributed by atoms with Crippen LogP contribution < -0.4 is 5.76 Å². The Hall–Kier alpha value is -2.34. The van der Waals surface area contributed by atoms with Crippen LogP contribution in [-0.2, 0) is 6.54 Å². The standard InChI is InChI=1S/C18H22N4O2/c23-18-22(16-6-1-2-7-17(16)24-18)12-4-11-21-10-3-5-14(13-21)15-8-9-19-20-15/h1-2,6-9,14H,3-5,10-13H2,(H,19,20). The van der Waals surface area contributed by atoms with Crippen LogP contribution in [0.1, 0.15) is 30.9 Å². The summed E-state index contributed by atoms with van der Waals surface area (Å²) in [5, 5.41) is 7.16. The number of nitrogens with zero attached hydrogens (tertiary/aromatic N) is 3. The highest BCUT2D eigenvalue weighted by Crippen LogP contribution is 2.25. The van der Waals surface area contributed by atoms with Gasteiger partial charge in [0.2, 0.25) is 0 Å². The molecule has 0 aliphatic carbocycles. The van der Waals surface area contributed by atoms with Gasteiger partial charge in [0.25, 0.3) is 0 Å². The number of aromatic amines is 1. The van der Waals surface area contributed by atoms with Gasteiger partial charge in [0, 0.05) is 30.9 Å². The lowest BCUT2D eigenvalue weighted by Gasteiger charge is -2.32. The van der Waals surface area contributed by atoms with E-state index < -0.39 is 0 Å². The maximum atomic E-state index is 12.0. The zero-order valence-electron chi connectivity index (χ0n) is 13.6. The van der Waals surface area contributed by atoms with Crippen LogP contribution in [-0.4, -0.2) is 39.3 Å². The number of hydrogen-bond acceptors (Lipinski definition) is 4. The summed E-state index contributed by atoms with van der Waals surface area (Å²) in [6.07, 6.45) is 5.19. The molecule has 1 fully saturated rings. The first-order valence-electron chi connectivity index (χ1n) is 8.61. The van der Waals surface area contributed by atoms with Crippen molar-refractivity contribution in [1.82, 2.24) is 19.7 Å². The highest BCUT2D eigenvalue weighted by molar-refractivity contribution is 5.72. The Morgan fingerprint density at radius 1 is 1.25 bits per heavy atom. The molecule has 0 saturated carbocycles. The molecule has 3 heterocycles. The molecule has 6 nitrogen and oxygen atoms in total. The van der Waals surface area contributed by atoms with Crippen LogP contribution in [0.2, 0.25) is 0 Å². The molecule has 3 aromatic rings. The number of para-hydroxylation sites is 2. The molecule has 0 bridgehead atoms. The Bertz CT molecular complexity index is 849. The Morgan fingerprint density at radius 3 is 3.04 bits per heavy atom. The molecule has 1 aliphatic rings. The van der Waals surface area contributed by atoms with E-state index in [1.54, 1.807) is 4.57 Å². The number of H-pyrrole nitrogens is 1. The highest BCUT2D eigenvalue weighted by Gasteiger charge is 2.22. The molecule has 126 valence electrons. The number of likely N-dealkylation sites (tertiary alicyclic amines) is 1. The van der Waals surface area contributed by atoms with Crippen LogP contribution in [0, 0.1) is 0 Å². The van der Waals surface area contributed by atoms with Crippen molar-refractivity contribution in [1.29, 1.82) is 0 Å². The fraction of sp³-hybridized carbons (Fsp3) is 0.444. The zero-order chi connectivity index (χ0) is 16.4. The number of piperidine rings is 1. The molecule has 0 spiro atoms. The van der Waals surface area contributed by atoms with Gasteiger partial charge in [0.15, 0.2) is 5.58 Å². The molecular formula is C18H22N4O2. The number of hydrogen-bond donors (Lipinski definition) is 1. The summed E-state index contributed by atoms with van der Waals surface area (Å²) >= 11 is 0. The third kappa shape index (κ3) is 3.01. The molecule has 1 atom stereocenters. The maximum absolute atomic E-state index is 12.0. The molecule has 1 saturated heterocycles. The van der Waals surface area contributed by atoms with Gasteiger partial charge in [-0.05, 0) is 50.6 Å². The van der Waals surface area contributed by atoms with Crippen LogP contribution >= 0.6 is 0 Å². The fourth-order valence-corrected chi connectivity index (χ4v) is 3.68. The molecular weight excluding hydrogens is 304 g/mol. The van der Waals surface area contributed by atoms with Gasteiger partial charge in [0.05, 0.1) is 5.52 Å². The largest absolute Gasteiger partial charge is 0.419 e. The topological polar surface area (TPSA) is 67.1 Å². The normalized spacial score (nSPS) is 19.1. The number of aryl methyl sites for hydroxylation is 1. The average Bonchev–Trinajstić information content (AvgIpc) is 3.24. The summed E-state index contributed by atoms with van der Waals surface area (Å²) in [6, 6.07) is 9.68. The van der Waals surface area contributed by atoms with Gasteiger partial charge in [-0.3, -0.25) is 9.67 Å². The highest BCUT2D eigenvalue weighted by atomic mass is 16.4. The summed E-state index contributed by atoms with van der Waals surface area (Å²) in [7, 11) is 0. The molecule has 4 rings (SSSR count). The third-order valence-electron chi connectivity index (χ3n) is 4.90.